The van der Waals surface area contributed by atoms with E-state index in [-0.39, 0.29) is 0 Å². The highest BCUT2D eigenvalue weighted by atomic mass is 16.4. The van der Waals surface area contributed by atoms with Crippen LogP contribution in [0.3, 0.4) is 0 Å². The van der Waals surface area contributed by atoms with Crippen LogP contribution >= 0.6 is 0 Å². The zero-order valence-corrected chi connectivity index (χ0v) is 16.3. The predicted octanol–water partition coefficient (Wildman–Crippen LogP) is 5.27. The first-order chi connectivity index (χ1) is 14.2. The normalized spacial score (nSPS) is 13.4. The van der Waals surface area contributed by atoms with E-state index in [4.69, 9.17) is 4.42 Å². The summed E-state index contributed by atoms with van der Waals surface area (Å²) in [5, 5.41) is 2.87. The number of allylic oxidation sites excluding steroid dienone is 4. The smallest absolute Gasteiger partial charge is 0.407 e. The summed E-state index contributed by atoms with van der Waals surface area (Å²) in [6.45, 7) is 0.522. The van der Waals surface area contributed by atoms with E-state index in [0.29, 0.717) is 17.6 Å². The fourth-order valence-electron chi connectivity index (χ4n) is 3.71. The summed E-state index contributed by atoms with van der Waals surface area (Å²) in [6.07, 6.45) is 11.6. The first-order valence-electron chi connectivity index (χ1n) is 10.1. The highest BCUT2D eigenvalue weighted by Gasteiger charge is 2.19. The van der Waals surface area contributed by atoms with E-state index in [1.165, 1.54) is 5.57 Å². The number of oxazole rings is 1. The van der Waals surface area contributed by atoms with Crippen molar-refractivity contribution >= 4 is 17.1 Å². The number of benzene rings is 2. The summed E-state index contributed by atoms with van der Waals surface area (Å²) in [7, 11) is 0. The van der Waals surface area contributed by atoms with E-state index in [9.17, 15) is 9.59 Å². The predicted molar refractivity (Wildman–Crippen MR) is 115 cm³/mol. The van der Waals surface area contributed by atoms with Gasteiger partial charge in [0, 0.05) is 12.1 Å². The van der Waals surface area contributed by atoms with Crippen molar-refractivity contribution in [3.05, 3.63) is 82.9 Å². The lowest BCUT2D eigenvalue weighted by Gasteiger charge is -2.10. The maximum absolute atomic E-state index is 12.8. The Balaban J connectivity index is 1.47. The van der Waals surface area contributed by atoms with Crippen LogP contribution in [0, 0.1) is 0 Å². The second-order valence-electron chi connectivity index (χ2n) is 7.20. The van der Waals surface area contributed by atoms with Crippen LogP contribution in [0.25, 0.3) is 22.2 Å². The molecule has 29 heavy (non-hydrogen) atoms. The molecule has 5 heteroatoms. The van der Waals surface area contributed by atoms with E-state index >= 15 is 0 Å². The maximum atomic E-state index is 12.8. The van der Waals surface area contributed by atoms with E-state index in [1.807, 2.05) is 42.5 Å². The molecule has 0 spiro atoms. The second kappa shape index (κ2) is 8.78. The number of unbranched alkanes of at least 4 members (excludes halogenated alkanes) is 1. The Morgan fingerprint density at radius 1 is 1.07 bits per heavy atom. The zero-order chi connectivity index (χ0) is 20.1. The molecule has 0 bridgehead atoms. The number of amides is 1. The molecular formula is C24H24N2O3. The fourth-order valence-corrected chi connectivity index (χ4v) is 3.71. The van der Waals surface area contributed by atoms with E-state index in [0.717, 1.165) is 47.8 Å². The highest BCUT2D eigenvalue weighted by Crippen LogP contribution is 2.28. The van der Waals surface area contributed by atoms with Gasteiger partial charge in [-0.2, -0.15) is 4.57 Å². The molecule has 0 saturated carbocycles. The Morgan fingerprint density at radius 2 is 1.93 bits per heavy atom. The molecule has 0 radical (unpaired) electrons. The fraction of sp³-hybridized carbons (Fsp3) is 0.250. The molecule has 1 aromatic heterocycles. The monoisotopic (exact) mass is 388 g/mol. The number of fused-ring (bicyclic) bond motifs is 1. The van der Waals surface area contributed by atoms with Gasteiger partial charge in [-0.05, 0) is 43.7 Å². The Morgan fingerprint density at radius 3 is 2.72 bits per heavy atom. The molecule has 0 unspecified atom stereocenters. The third-order valence-corrected chi connectivity index (χ3v) is 5.19. The van der Waals surface area contributed by atoms with Crippen LogP contribution in [0.1, 0.15) is 32.1 Å². The molecule has 1 N–H and O–H groups in total. The number of carbonyl (C=O) groups excluding carboxylic acids is 1. The van der Waals surface area contributed by atoms with Gasteiger partial charge in [-0.1, -0.05) is 66.3 Å². The van der Waals surface area contributed by atoms with E-state index in [1.54, 1.807) is 6.07 Å². The number of hydrogen-bond donors (Lipinski definition) is 1. The van der Waals surface area contributed by atoms with Gasteiger partial charge in [-0.3, -0.25) is 0 Å². The molecule has 0 aliphatic heterocycles. The lowest BCUT2D eigenvalue weighted by molar-refractivity contribution is 0.241. The lowest BCUT2D eigenvalue weighted by Crippen LogP contribution is -2.34. The van der Waals surface area contributed by atoms with Crippen molar-refractivity contribution in [1.82, 2.24) is 9.88 Å². The van der Waals surface area contributed by atoms with Crippen molar-refractivity contribution in [2.75, 3.05) is 6.54 Å². The molecule has 3 aromatic rings. The van der Waals surface area contributed by atoms with Crippen molar-refractivity contribution in [2.45, 2.75) is 32.1 Å². The quantitative estimate of drug-likeness (QED) is 0.585. The molecule has 1 aliphatic rings. The van der Waals surface area contributed by atoms with E-state index in [2.05, 4.69) is 23.5 Å². The van der Waals surface area contributed by atoms with Crippen LogP contribution in [0.15, 0.2) is 81.5 Å². The van der Waals surface area contributed by atoms with Crippen LogP contribution in [0.4, 0.5) is 4.79 Å². The Hall–Kier alpha value is -3.34. The molecule has 148 valence electrons. The van der Waals surface area contributed by atoms with Crippen LogP contribution < -0.4 is 11.1 Å². The molecule has 1 aliphatic carbocycles. The van der Waals surface area contributed by atoms with Gasteiger partial charge < -0.3 is 9.73 Å². The second-order valence-corrected chi connectivity index (χ2v) is 7.20. The Labute approximate surface area is 169 Å². The third kappa shape index (κ3) is 4.24. The highest BCUT2D eigenvalue weighted by molar-refractivity contribution is 5.97. The average molecular weight is 388 g/mol. The number of hydrogen-bond acceptors (Lipinski definition) is 3. The minimum atomic E-state index is -0.667. The van der Waals surface area contributed by atoms with Crippen LogP contribution in [-0.2, 0) is 0 Å². The third-order valence-electron chi connectivity index (χ3n) is 5.19. The first kappa shape index (κ1) is 19.0. The average Bonchev–Trinajstić information content (AvgIpc) is 3.10. The zero-order valence-electron chi connectivity index (χ0n) is 16.3. The number of nitrogens with one attached hydrogen (secondary N) is 1. The molecule has 0 fully saturated rings. The van der Waals surface area contributed by atoms with Crippen molar-refractivity contribution in [3.8, 4) is 11.1 Å². The molecule has 0 saturated heterocycles. The summed E-state index contributed by atoms with van der Waals surface area (Å²) >= 11 is 0. The van der Waals surface area contributed by atoms with Gasteiger partial charge in [-0.15, -0.1) is 0 Å². The summed E-state index contributed by atoms with van der Waals surface area (Å²) in [5.41, 5.74) is 4.09. The van der Waals surface area contributed by atoms with Crippen LogP contribution in [0.5, 0.6) is 0 Å². The standard InChI is InChI=1S/C24H24N2O3/c27-23(25-17-8-7-12-18-10-3-1-4-11-18)26-22-20(19-13-5-2-6-14-19)15-9-16-21(22)29-24(26)28/h1-3,5-6,9-10,13-16H,4,7-8,11-12,17H2,(H,25,27). The number of aromatic nitrogens is 1. The largest absolute Gasteiger partial charge is 0.428 e. The molecular weight excluding hydrogens is 364 g/mol. The van der Waals surface area contributed by atoms with Crippen molar-refractivity contribution in [1.29, 1.82) is 0 Å². The Bertz CT molecular complexity index is 1120. The van der Waals surface area contributed by atoms with Gasteiger partial charge >= 0.3 is 11.8 Å². The van der Waals surface area contributed by atoms with Gasteiger partial charge in [0.25, 0.3) is 0 Å². The number of nitrogens with zero attached hydrogens (tertiary/aromatic N) is 1. The SMILES string of the molecule is O=C(NCCCCC1=CC=CCC1)n1c(=O)oc2cccc(-c3ccccc3)c21. The number of carbonyl (C=O) groups is 1. The lowest BCUT2D eigenvalue weighted by atomic mass is 10.00. The number of para-hydroxylation sites is 1. The molecule has 5 nitrogen and oxygen atoms in total. The Kier molecular flexibility index (Phi) is 5.75. The summed E-state index contributed by atoms with van der Waals surface area (Å²) < 4.78 is 6.43. The summed E-state index contributed by atoms with van der Waals surface area (Å²) in [4.78, 5) is 25.1. The van der Waals surface area contributed by atoms with Gasteiger partial charge in [0.15, 0.2) is 5.58 Å². The van der Waals surface area contributed by atoms with E-state index < -0.39 is 11.8 Å². The van der Waals surface area contributed by atoms with Crippen molar-refractivity contribution < 1.29 is 9.21 Å². The van der Waals surface area contributed by atoms with Crippen molar-refractivity contribution in [3.63, 3.8) is 0 Å². The van der Waals surface area contributed by atoms with Gasteiger partial charge in [-0.25, -0.2) is 9.59 Å². The van der Waals surface area contributed by atoms with Crippen LogP contribution in [0.2, 0.25) is 0 Å². The molecule has 1 heterocycles. The maximum Gasteiger partial charge on any atom is 0.428 e. The summed E-state index contributed by atoms with van der Waals surface area (Å²) in [5.74, 6) is -0.667. The van der Waals surface area contributed by atoms with Crippen LogP contribution in [-0.4, -0.2) is 17.1 Å². The van der Waals surface area contributed by atoms with Gasteiger partial charge in [0.2, 0.25) is 0 Å². The molecule has 1 amide bonds. The van der Waals surface area contributed by atoms with Gasteiger partial charge in [0.05, 0.1) is 0 Å². The molecule has 4 rings (SSSR count). The molecule has 0 atom stereocenters. The number of rotatable bonds is 6. The van der Waals surface area contributed by atoms with Gasteiger partial charge in [0.1, 0.15) is 5.52 Å². The minimum absolute atomic E-state index is 0.406. The molecule has 2 aromatic carbocycles. The topological polar surface area (TPSA) is 64.2 Å². The summed E-state index contributed by atoms with van der Waals surface area (Å²) in [6, 6.07) is 14.7. The van der Waals surface area contributed by atoms with Crippen molar-refractivity contribution in [2.24, 2.45) is 0 Å². The first-order valence-corrected chi connectivity index (χ1v) is 10.1. The minimum Gasteiger partial charge on any atom is -0.407 e.